The first-order chi connectivity index (χ1) is 19.3. The zero-order valence-corrected chi connectivity index (χ0v) is 23.7. The highest BCUT2D eigenvalue weighted by Crippen LogP contribution is 2.55. The maximum atomic E-state index is 14.2. The summed E-state index contributed by atoms with van der Waals surface area (Å²) in [5.41, 5.74) is 1.39. The van der Waals surface area contributed by atoms with Crippen molar-refractivity contribution in [2.75, 3.05) is 5.32 Å². The maximum absolute atomic E-state index is 14.2. The van der Waals surface area contributed by atoms with Gasteiger partial charge in [-0.05, 0) is 48.1 Å². The van der Waals surface area contributed by atoms with E-state index in [0.717, 1.165) is 31.2 Å². The summed E-state index contributed by atoms with van der Waals surface area (Å²) in [5, 5.41) is 6.75. The normalized spacial score (nSPS) is 29.2. The number of carbonyl (C=O) groups excluding carboxylic acids is 3. The van der Waals surface area contributed by atoms with E-state index in [1.165, 1.54) is 12.0 Å². The van der Waals surface area contributed by atoms with E-state index in [2.05, 4.69) is 24.5 Å². The number of carbonyl (C=O) groups is 3. The van der Waals surface area contributed by atoms with Gasteiger partial charge in [0, 0.05) is 23.3 Å². The number of hydrogen-bond donors (Lipinski definition) is 2. The lowest BCUT2D eigenvalue weighted by Gasteiger charge is -2.34. The van der Waals surface area contributed by atoms with E-state index in [1.54, 1.807) is 11.0 Å². The Bertz CT molecular complexity index is 1340. The fourth-order valence-corrected chi connectivity index (χ4v) is 7.15. The quantitative estimate of drug-likeness (QED) is 0.455. The molecule has 0 unspecified atom stereocenters. The van der Waals surface area contributed by atoms with E-state index in [-0.39, 0.29) is 30.3 Å². The summed E-state index contributed by atoms with van der Waals surface area (Å²) >= 11 is 6.48. The predicted octanol–water partition coefficient (Wildman–Crippen LogP) is 5.20. The van der Waals surface area contributed by atoms with E-state index < -0.39 is 29.6 Å². The molecule has 3 aliphatic heterocycles. The molecule has 2 saturated heterocycles. The van der Waals surface area contributed by atoms with Gasteiger partial charge in [-0.15, -0.1) is 0 Å². The van der Waals surface area contributed by atoms with Crippen LogP contribution < -0.4 is 10.6 Å². The SMILES string of the molecule is CC(C)c1ccc(NC(=O)[C@@H]2[C@H]3C=C[C@@]4(O3)[C@H]2C(=O)N(Cc2ccccc2Cl)[C@@H]4C(=O)NC2CCCCC2)cc1. The van der Waals surface area contributed by atoms with Gasteiger partial charge >= 0.3 is 0 Å². The van der Waals surface area contributed by atoms with Crippen LogP contribution in [-0.2, 0) is 25.7 Å². The number of rotatable bonds is 7. The lowest BCUT2D eigenvalue weighted by atomic mass is 9.74. The molecule has 40 heavy (non-hydrogen) atoms. The Morgan fingerprint density at radius 3 is 2.48 bits per heavy atom. The van der Waals surface area contributed by atoms with Gasteiger partial charge in [0.25, 0.3) is 0 Å². The molecule has 7 nitrogen and oxygen atoms in total. The van der Waals surface area contributed by atoms with Gasteiger partial charge in [0.2, 0.25) is 17.7 Å². The van der Waals surface area contributed by atoms with Crippen LogP contribution >= 0.6 is 11.6 Å². The Balaban J connectivity index is 1.31. The molecule has 2 N–H and O–H groups in total. The molecule has 5 atom stereocenters. The monoisotopic (exact) mass is 561 g/mol. The molecule has 8 heteroatoms. The van der Waals surface area contributed by atoms with Crippen LogP contribution in [0.2, 0.25) is 5.02 Å². The zero-order chi connectivity index (χ0) is 28.0. The molecule has 1 aliphatic carbocycles. The van der Waals surface area contributed by atoms with Crippen molar-refractivity contribution in [3.05, 3.63) is 76.8 Å². The number of ether oxygens (including phenoxy) is 1. The Morgan fingerprint density at radius 2 is 1.77 bits per heavy atom. The summed E-state index contributed by atoms with van der Waals surface area (Å²) in [7, 11) is 0. The summed E-state index contributed by atoms with van der Waals surface area (Å²) in [5.74, 6) is -1.94. The van der Waals surface area contributed by atoms with Gasteiger partial charge < -0.3 is 20.3 Å². The molecule has 3 fully saturated rings. The molecule has 3 heterocycles. The van der Waals surface area contributed by atoms with Gasteiger partial charge in [-0.1, -0.05) is 87.2 Å². The molecular formula is C32H36ClN3O4. The molecule has 1 spiro atoms. The van der Waals surface area contributed by atoms with E-state index in [4.69, 9.17) is 16.3 Å². The predicted molar refractivity (Wildman–Crippen MR) is 154 cm³/mol. The number of anilines is 1. The van der Waals surface area contributed by atoms with Crippen LogP contribution in [0.25, 0.3) is 0 Å². The van der Waals surface area contributed by atoms with Gasteiger partial charge in [0.05, 0.1) is 17.9 Å². The minimum absolute atomic E-state index is 0.0736. The summed E-state index contributed by atoms with van der Waals surface area (Å²) in [4.78, 5) is 43.4. The summed E-state index contributed by atoms with van der Waals surface area (Å²) in [6.45, 7) is 4.39. The maximum Gasteiger partial charge on any atom is 0.246 e. The van der Waals surface area contributed by atoms with Crippen molar-refractivity contribution in [3.8, 4) is 0 Å². The van der Waals surface area contributed by atoms with E-state index in [1.807, 2.05) is 54.6 Å². The van der Waals surface area contributed by atoms with E-state index in [9.17, 15) is 14.4 Å². The Kier molecular flexibility index (Phi) is 7.21. The van der Waals surface area contributed by atoms with E-state index in [0.29, 0.717) is 16.6 Å². The molecule has 210 valence electrons. The zero-order valence-electron chi connectivity index (χ0n) is 22.9. The fraction of sp³-hybridized carbons (Fsp3) is 0.469. The number of nitrogens with zero attached hydrogens (tertiary/aromatic N) is 1. The third-order valence-electron chi connectivity index (χ3n) is 9.02. The highest BCUT2D eigenvalue weighted by molar-refractivity contribution is 6.31. The van der Waals surface area contributed by atoms with Crippen molar-refractivity contribution in [1.82, 2.24) is 10.2 Å². The number of amides is 3. The van der Waals surface area contributed by atoms with Crippen molar-refractivity contribution in [1.29, 1.82) is 0 Å². The second-order valence-corrected chi connectivity index (χ2v) is 12.3. The number of nitrogens with one attached hydrogen (secondary N) is 2. The van der Waals surface area contributed by atoms with Crippen LogP contribution in [-0.4, -0.2) is 46.4 Å². The van der Waals surface area contributed by atoms with Gasteiger partial charge in [-0.2, -0.15) is 0 Å². The van der Waals surface area contributed by atoms with Crippen molar-refractivity contribution in [3.63, 3.8) is 0 Å². The highest BCUT2D eigenvalue weighted by atomic mass is 35.5. The lowest BCUT2D eigenvalue weighted by Crippen LogP contribution is -2.56. The molecule has 1 saturated carbocycles. The van der Waals surface area contributed by atoms with E-state index >= 15 is 0 Å². The average molecular weight is 562 g/mol. The first-order valence-electron chi connectivity index (χ1n) is 14.4. The third-order valence-corrected chi connectivity index (χ3v) is 9.39. The Morgan fingerprint density at radius 1 is 1.05 bits per heavy atom. The van der Waals surface area contributed by atoms with Crippen molar-refractivity contribution in [2.24, 2.45) is 11.8 Å². The Labute approximate surface area is 240 Å². The lowest BCUT2D eigenvalue weighted by molar-refractivity contribution is -0.142. The molecule has 2 aromatic carbocycles. The van der Waals surface area contributed by atoms with Crippen molar-refractivity contribution in [2.45, 2.75) is 82.2 Å². The fourth-order valence-electron chi connectivity index (χ4n) is 6.95. The van der Waals surface area contributed by atoms with Crippen LogP contribution in [0, 0.1) is 11.8 Å². The first kappa shape index (κ1) is 27.0. The van der Waals surface area contributed by atoms with Crippen LogP contribution in [0.4, 0.5) is 5.69 Å². The van der Waals surface area contributed by atoms with Gasteiger partial charge in [-0.25, -0.2) is 0 Å². The molecule has 3 amide bonds. The van der Waals surface area contributed by atoms with Crippen LogP contribution in [0.3, 0.4) is 0 Å². The molecule has 6 rings (SSSR count). The summed E-state index contributed by atoms with van der Waals surface area (Å²) < 4.78 is 6.47. The van der Waals surface area contributed by atoms with Gasteiger partial charge in [0.15, 0.2) is 0 Å². The van der Waals surface area contributed by atoms with Crippen LogP contribution in [0.1, 0.15) is 63.0 Å². The number of likely N-dealkylation sites (tertiary alicyclic amines) is 1. The van der Waals surface area contributed by atoms with Gasteiger partial charge in [-0.3, -0.25) is 14.4 Å². The average Bonchev–Trinajstić information content (AvgIpc) is 3.58. The first-order valence-corrected chi connectivity index (χ1v) is 14.8. The minimum atomic E-state index is -1.20. The van der Waals surface area contributed by atoms with Gasteiger partial charge in [0.1, 0.15) is 11.6 Å². The standard InChI is InChI=1S/C32H36ClN3O4/c1-19(2)20-12-14-23(15-13-20)34-29(37)26-25-16-17-32(40-25)27(26)31(39)36(18-21-8-6-7-11-24(21)33)28(32)30(38)35-22-9-4-3-5-10-22/h6-8,11-17,19,22,25-28H,3-5,9-10,18H2,1-2H3,(H,34,37)(H,35,38)/t25-,26-,27-,28-,32-/m1/s1. The second-order valence-electron chi connectivity index (χ2n) is 11.9. The highest BCUT2D eigenvalue weighted by Gasteiger charge is 2.72. The molecular weight excluding hydrogens is 526 g/mol. The largest absolute Gasteiger partial charge is 0.359 e. The van der Waals surface area contributed by atoms with Crippen LogP contribution in [0.15, 0.2) is 60.7 Å². The third kappa shape index (κ3) is 4.63. The second kappa shape index (κ2) is 10.7. The molecule has 0 radical (unpaired) electrons. The molecule has 2 bridgehead atoms. The molecule has 2 aromatic rings. The smallest absolute Gasteiger partial charge is 0.246 e. The Hall–Kier alpha value is -3.16. The number of hydrogen-bond acceptors (Lipinski definition) is 4. The molecule has 4 aliphatic rings. The van der Waals surface area contributed by atoms with Crippen LogP contribution in [0.5, 0.6) is 0 Å². The number of benzene rings is 2. The topological polar surface area (TPSA) is 87.7 Å². The number of fused-ring (bicyclic) bond motifs is 1. The summed E-state index contributed by atoms with van der Waals surface area (Å²) in [6, 6.07) is 14.3. The van der Waals surface area contributed by atoms with Crippen molar-refractivity contribution < 1.29 is 19.1 Å². The minimum Gasteiger partial charge on any atom is -0.359 e. The number of halogens is 1. The summed E-state index contributed by atoms with van der Waals surface area (Å²) in [6.07, 6.45) is 8.28. The van der Waals surface area contributed by atoms with Crippen molar-refractivity contribution >= 4 is 35.0 Å². The molecule has 0 aromatic heterocycles.